The first-order valence-corrected chi connectivity index (χ1v) is 7.14. The van der Waals surface area contributed by atoms with Crippen LogP contribution in [0.3, 0.4) is 0 Å². The van der Waals surface area contributed by atoms with Gasteiger partial charge in [0.25, 0.3) is 0 Å². The van der Waals surface area contributed by atoms with Crippen molar-refractivity contribution in [1.29, 1.82) is 0 Å². The summed E-state index contributed by atoms with van der Waals surface area (Å²) in [5, 5.41) is 0. The van der Waals surface area contributed by atoms with Crippen LogP contribution in [0.15, 0.2) is 30.3 Å². The van der Waals surface area contributed by atoms with Gasteiger partial charge in [0, 0.05) is 0 Å². The molecule has 1 aromatic rings. The molecule has 0 bridgehead atoms. The number of carbonyl (C=O) groups is 2. The van der Waals surface area contributed by atoms with Gasteiger partial charge in [-0.05, 0) is 19.4 Å². The van der Waals surface area contributed by atoms with Gasteiger partial charge in [0.15, 0.2) is 5.92 Å². The monoisotopic (exact) mass is 304 g/mol. The summed E-state index contributed by atoms with van der Waals surface area (Å²) < 4.78 is 1.51. The zero-order chi connectivity index (χ0) is 15.6. The van der Waals surface area contributed by atoms with E-state index in [9.17, 15) is 9.59 Å². The number of rotatable bonds is 4. The van der Waals surface area contributed by atoms with Gasteiger partial charge >= 0.3 is 11.9 Å². The predicted molar refractivity (Wildman–Crippen MR) is 84.1 cm³/mol. The van der Waals surface area contributed by atoms with Crippen molar-refractivity contribution in [2.45, 2.75) is 26.4 Å². The number of hydrogen-bond acceptors (Lipinski definition) is 3. The van der Waals surface area contributed by atoms with Crippen LogP contribution in [0.5, 0.6) is 0 Å². The molecule has 0 saturated carbocycles. The highest BCUT2D eigenvalue weighted by Gasteiger charge is 2.44. The van der Waals surface area contributed by atoms with E-state index < -0.39 is 5.92 Å². The molecule has 0 aliphatic carbocycles. The molecular weight excluding hydrogens is 286 g/mol. The van der Waals surface area contributed by atoms with Crippen LogP contribution in [-0.2, 0) is 11.3 Å². The molecule has 1 atom stereocenters. The van der Waals surface area contributed by atoms with Gasteiger partial charge in [0.2, 0.25) is 0 Å². The summed E-state index contributed by atoms with van der Waals surface area (Å²) >= 11 is 4.95. The first-order valence-electron chi connectivity index (χ1n) is 6.73. The lowest BCUT2D eigenvalue weighted by atomic mass is 10.1. The molecule has 1 aromatic carbocycles. The predicted octanol–water partition coefficient (Wildman–Crippen LogP) is 1.54. The second kappa shape index (κ2) is 6.13. The summed E-state index contributed by atoms with van der Waals surface area (Å²) in [6.45, 7) is 3.97. The second-order valence-corrected chi connectivity index (χ2v) is 5.69. The molecule has 2 rings (SSSR count). The summed E-state index contributed by atoms with van der Waals surface area (Å²) in [6.07, 6.45) is 1.53. The first-order chi connectivity index (χ1) is 9.91. The van der Waals surface area contributed by atoms with Crippen molar-refractivity contribution in [3.8, 4) is 0 Å². The maximum atomic E-state index is 12.5. The van der Waals surface area contributed by atoms with Gasteiger partial charge in [-0.1, -0.05) is 42.5 Å². The smallest absolute Gasteiger partial charge is 0.392 e. The van der Waals surface area contributed by atoms with Crippen molar-refractivity contribution in [2.24, 2.45) is 11.7 Å². The lowest BCUT2D eigenvalue weighted by molar-refractivity contribution is -0.469. The van der Waals surface area contributed by atoms with E-state index in [0.717, 1.165) is 5.56 Å². The fourth-order valence-corrected chi connectivity index (χ4v) is 2.35. The van der Waals surface area contributed by atoms with E-state index in [1.807, 2.05) is 44.2 Å². The van der Waals surface area contributed by atoms with Crippen LogP contribution in [0.2, 0.25) is 0 Å². The van der Waals surface area contributed by atoms with Crippen molar-refractivity contribution in [1.82, 2.24) is 4.90 Å². The lowest BCUT2D eigenvalue weighted by Crippen LogP contribution is -2.55. The van der Waals surface area contributed by atoms with Crippen LogP contribution in [0.4, 0.5) is 4.79 Å². The fraction of sp³-hybridized carbons (Fsp3) is 0.333. The van der Waals surface area contributed by atoms with E-state index in [-0.39, 0.29) is 29.5 Å². The van der Waals surface area contributed by atoms with Gasteiger partial charge in [-0.3, -0.25) is 0 Å². The Balaban J connectivity index is 2.36. The largest absolute Gasteiger partial charge is 0.500 e. The SMILES string of the molecule is CC(C)[N+]1=CC(C(N)=S)C(=O)N(Cc2ccccc2)C1=O. The molecular formula is C15H18N3O2S+. The number of urea groups is 1. The molecule has 1 unspecified atom stereocenters. The van der Waals surface area contributed by atoms with Crippen molar-refractivity contribution in [3.05, 3.63) is 35.9 Å². The Morgan fingerprint density at radius 1 is 1.33 bits per heavy atom. The first kappa shape index (κ1) is 15.3. The summed E-state index contributed by atoms with van der Waals surface area (Å²) in [5.41, 5.74) is 6.52. The van der Waals surface area contributed by atoms with E-state index >= 15 is 0 Å². The van der Waals surface area contributed by atoms with Gasteiger partial charge in [-0.25, -0.2) is 4.79 Å². The molecule has 0 radical (unpaired) electrons. The summed E-state index contributed by atoms with van der Waals surface area (Å²) in [7, 11) is 0. The van der Waals surface area contributed by atoms with Crippen molar-refractivity contribution >= 4 is 35.4 Å². The van der Waals surface area contributed by atoms with E-state index in [2.05, 4.69) is 0 Å². The lowest BCUT2D eigenvalue weighted by Gasteiger charge is -2.24. The third kappa shape index (κ3) is 3.16. The topological polar surface area (TPSA) is 66.4 Å². The van der Waals surface area contributed by atoms with Gasteiger partial charge in [-0.2, -0.15) is 14.3 Å². The quantitative estimate of drug-likeness (QED) is 0.677. The Morgan fingerprint density at radius 3 is 2.48 bits per heavy atom. The van der Waals surface area contributed by atoms with Crippen molar-refractivity contribution in [3.63, 3.8) is 0 Å². The molecule has 1 aliphatic heterocycles. The zero-order valence-corrected chi connectivity index (χ0v) is 12.8. The molecule has 110 valence electrons. The Hall–Kier alpha value is -2.08. The van der Waals surface area contributed by atoms with E-state index in [1.54, 1.807) is 0 Å². The third-order valence-electron chi connectivity index (χ3n) is 3.34. The number of carbonyl (C=O) groups excluding carboxylic acids is 2. The van der Waals surface area contributed by atoms with Crippen LogP contribution >= 0.6 is 12.2 Å². The number of thiocarbonyl (C=S) groups is 1. The highest BCUT2D eigenvalue weighted by atomic mass is 32.1. The number of imide groups is 1. The van der Waals surface area contributed by atoms with Crippen LogP contribution in [0, 0.1) is 5.92 Å². The van der Waals surface area contributed by atoms with Crippen LogP contribution in [0.25, 0.3) is 0 Å². The Kier molecular flexibility index (Phi) is 4.47. The third-order valence-corrected chi connectivity index (χ3v) is 3.59. The van der Waals surface area contributed by atoms with Crippen LogP contribution < -0.4 is 5.73 Å². The molecule has 1 aliphatic rings. The van der Waals surface area contributed by atoms with Gasteiger partial charge in [-0.15, -0.1) is 0 Å². The summed E-state index contributed by atoms with van der Waals surface area (Å²) in [5.74, 6) is -1.10. The highest BCUT2D eigenvalue weighted by Crippen LogP contribution is 2.15. The highest BCUT2D eigenvalue weighted by molar-refractivity contribution is 7.80. The minimum Gasteiger partial charge on any atom is -0.392 e. The standard InChI is InChI=1S/C15H17N3O2S/c1-10(2)17-9-12(13(16)21)14(19)18(15(17)20)8-11-6-4-3-5-7-11/h3-7,9-10,12H,8H2,1-2H3,(H-,16,21)/p+1. The van der Waals surface area contributed by atoms with Crippen molar-refractivity contribution < 1.29 is 14.2 Å². The van der Waals surface area contributed by atoms with E-state index in [1.165, 1.54) is 15.7 Å². The number of hydrogen-bond donors (Lipinski definition) is 1. The molecule has 5 nitrogen and oxygen atoms in total. The number of nitrogens with two attached hydrogens (primary N) is 1. The van der Waals surface area contributed by atoms with Gasteiger partial charge in [0.05, 0.1) is 17.2 Å². The Labute approximate surface area is 129 Å². The minimum atomic E-state index is -0.733. The van der Waals surface area contributed by atoms with E-state index in [0.29, 0.717) is 0 Å². The average molecular weight is 304 g/mol. The van der Waals surface area contributed by atoms with Gasteiger partial charge < -0.3 is 5.73 Å². The molecule has 1 heterocycles. The Bertz CT molecular complexity index is 611. The summed E-state index contributed by atoms with van der Waals surface area (Å²) in [4.78, 5) is 26.2. The van der Waals surface area contributed by atoms with Crippen LogP contribution in [-0.4, -0.2) is 38.7 Å². The van der Waals surface area contributed by atoms with E-state index in [4.69, 9.17) is 18.0 Å². The van der Waals surface area contributed by atoms with Crippen LogP contribution in [0.1, 0.15) is 19.4 Å². The molecule has 0 spiro atoms. The normalized spacial score (nSPS) is 18.9. The van der Waals surface area contributed by atoms with Crippen molar-refractivity contribution in [2.75, 3.05) is 0 Å². The maximum Gasteiger partial charge on any atom is 0.500 e. The summed E-state index contributed by atoms with van der Waals surface area (Å²) in [6, 6.07) is 8.95. The number of benzene rings is 1. The Morgan fingerprint density at radius 2 is 1.95 bits per heavy atom. The molecule has 0 saturated heterocycles. The molecule has 3 amide bonds. The zero-order valence-electron chi connectivity index (χ0n) is 12.0. The minimum absolute atomic E-state index is 0.0688. The maximum absolute atomic E-state index is 12.5. The molecule has 6 heteroatoms. The number of nitrogens with zero attached hydrogens (tertiary/aromatic N) is 2. The molecule has 0 aromatic heterocycles. The average Bonchev–Trinajstić information content (AvgIpc) is 2.44. The van der Waals surface area contributed by atoms with Gasteiger partial charge in [0.1, 0.15) is 6.54 Å². The molecule has 2 N–H and O–H groups in total. The fourth-order valence-electron chi connectivity index (χ4n) is 2.19. The molecule has 0 fully saturated rings. The molecule has 21 heavy (non-hydrogen) atoms. The number of amides is 3. The second-order valence-electron chi connectivity index (χ2n) is 5.22.